The van der Waals surface area contributed by atoms with Crippen LogP contribution < -0.4 is 0 Å². The third kappa shape index (κ3) is 9.22. The van der Waals surface area contributed by atoms with E-state index in [1.807, 2.05) is 0 Å². The summed E-state index contributed by atoms with van der Waals surface area (Å²) in [6.07, 6.45) is 0. The summed E-state index contributed by atoms with van der Waals surface area (Å²) in [5.41, 5.74) is 1.06. The number of rotatable bonds is 0. The molecule has 0 amide bonds. The monoisotopic (exact) mass is 970 g/mol. The van der Waals surface area contributed by atoms with Gasteiger partial charge in [-0.25, -0.2) is 26.3 Å². The van der Waals surface area contributed by atoms with Gasteiger partial charge in [-0.15, -0.1) is 0 Å². The van der Waals surface area contributed by atoms with Crippen LogP contribution >= 0.6 is 0 Å². The second kappa shape index (κ2) is 13.0. The van der Waals surface area contributed by atoms with E-state index in [4.69, 9.17) is 15.3 Å². The molecule has 0 aromatic heterocycles. The average molecular weight is 970 g/mol. The number of phenols is 3. The summed E-state index contributed by atoms with van der Waals surface area (Å²) in [4.78, 5) is 0. The van der Waals surface area contributed by atoms with Crippen LogP contribution in [0.4, 0.5) is 26.3 Å². The number of aromatic hydroxyl groups is 3. The Hall–Kier alpha value is -5.36. The molecule has 0 aliphatic heterocycles. The first-order chi connectivity index (χ1) is 13.4. The molecular weight excluding hydrogens is 948 g/mol. The maximum Gasteiger partial charge on any atom is 0.188 e. The number of halogens is 6. The van der Waals surface area contributed by atoms with Crippen molar-refractivity contribution in [3.05, 3.63) is 88.5 Å². The Kier molecular flexibility index (Phi) is 12.7. The van der Waals surface area contributed by atoms with Crippen molar-refractivity contribution in [2.24, 2.45) is 0 Å². The summed E-state index contributed by atoms with van der Waals surface area (Å²) >= 11 is 0. The van der Waals surface area contributed by atoms with Crippen molar-refractivity contribution in [1.29, 1.82) is 0 Å². The first-order valence-electron chi connectivity index (χ1n) is 7.85. The molecule has 170 valence electrons. The van der Waals surface area contributed by atoms with Crippen molar-refractivity contribution in [3.63, 3.8) is 0 Å². The van der Waals surface area contributed by atoms with E-state index in [0.717, 1.165) is 18.2 Å². The first kappa shape index (κ1) is 31.3. The van der Waals surface area contributed by atoms with Gasteiger partial charge in [-0.3, -0.25) is 0 Å². The van der Waals surface area contributed by atoms with Crippen LogP contribution in [-0.4, -0.2) is 15.3 Å². The van der Waals surface area contributed by atoms with Crippen LogP contribution in [0.15, 0.2) is 42.5 Å². The van der Waals surface area contributed by atoms with E-state index in [-0.39, 0.29) is 8.85 Å². The fourth-order valence-electron chi connectivity index (χ4n) is 1.94. The average Bonchev–Trinajstić information content (AvgIpc) is 2.57. The molecular formula is C21H22F6O3Rf2. The molecule has 3 aromatic carbocycles. The molecule has 0 unspecified atom stereocenters. The third-order valence-corrected chi connectivity index (χ3v) is 3.17. The summed E-state index contributed by atoms with van der Waals surface area (Å²) in [5.74, 6) is -7.75. The number of hydrogen-bond acceptors (Lipinski definition) is 3. The van der Waals surface area contributed by atoms with Gasteiger partial charge in [-0.05, 0) is 49.2 Å². The van der Waals surface area contributed by atoms with Gasteiger partial charge in [0, 0.05) is 19.6 Å². The molecule has 3 N–H and O–H groups in total. The fourth-order valence-corrected chi connectivity index (χ4v) is 1.94. The smallest absolute Gasteiger partial charge is 0.188 e. The Labute approximate surface area is 171 Å². The zero-order valence-electron chi connectivity index (χ0n) is 16.6. The molecule has 0 saturated carbocycles. The van der Waals surface area contributed by atoms with Crippen molar-refractivity contribution in [1.82, 2.24) is 0 Å². The maximum atomic E-state index is 12.4. The SMILES string of the molecule is C.Cc1cc(F)c(O)c(F)c1.Cc1cc(F)cc(F)c1.Oc1cc(F)c(O)c(F)c1.[HH].[Rf].[Rf]. The molecule has 32 heavy (non-hydrogen) atoms. The molecule has 0 aliphatic carbocycles. The summed E-state index contributed by atoms with van der Waals surface area (Å²) in [6, 6.07) is 6.80. The minimum Gasteiger partial charge on any atom is -0.508 e. The van der Waals surface area contributed by atoms with Crippen molar-refractivity contribution in [2.75, 3.05) is 0 Å². The fraction of sp³-hybridized carbons (Fsp3) is 0.143. The predicted molar refractivity (Wildman–Crippen MR) is 102 cm³/mol. The van der Waals surface area contributed by atoms with Gasteiger partial charge in [0.2, 0.25) is 0 Å². The molecule has 11 heteroatoms. The molecule has 0 bridgehead atoms. The second-order valence-electron chi connectivity index (χ2n) is 5.78. The van der Waals surface area contributed by atoms with E-state index < -0.39 is 52.2 Å². The zero-order chi connectivity index (χ0) is 22.3. The van der Waals surface area contributed by atoms with Gasteiger partial charge in [-0.1, -0.05) is 7.43 Å². The van der Waals surface area contributed by atoms with E-state index in [2.05, 4.69) is 0 Å². The topological polar surface area (TPSA) is 60.7 Å². The van der Waals surface area contributed by atoms with Crippen LogP contribution in [0.2, 0.25) is 0 Å². The van der Waals surface area contributed by atoms with Gasteiger partial charge < -0.3 is 15.3 Å². The molecule has 0 spiro atoms. The van der Waals surface area contributed by atoms with E-state index in [0.29, 0.717) is 23.3 Å². The molecule has 0 aliphatic rings. The van der Waals surface area contributed by atoms with E-state index >= 15 is 0 Å². The summed E-state index contributed by atoms with van der Waals surface area (Å²) in [5, 5.41) is 25.6. The van der Waals surface area contributed by atoms with Crippen LogP contribution in [0.3, 0.4) is 0 Å². The van der Waals surface area contributed by atoms with Gasteiger partial charge in [0.25, 0.3) is 0 Å². The number of phenolic OH excluding ortho intramolecular Hbond substituents is 3. The maximum absolute atomic E-state index is 12.4. The van der Waals surface area contributed by atoms with Gasteiger partial charge in [0.1, 0.15) is 17.4 Å². The minimum atomic E-state index is -1.17. The predicted octanol–water partition coefficient (Wildman–Crippen LogP) is 6.51. The van der Waals surface area contributed by atoms with E-state index in [1.54, 1.807) is 13.8 Å². The van der Waals surface area contributed by atoms with Gasteiger partial charge in [0.05, 0.1) is 0 Å². The van der Waals surface area contributed by atoms with Gasteiger partial charge >= 0.3 is 0 Å². The Bertz CT molecular complexity index is 858. The second-order valence-corrected chi connectivity index (χ2v) is 5.78. The minimum absolute atomic E-state index is 0. The molecule has 0 radical (unpaired) electrons. The Morgan fingerprint density at radius 2 is 0.812 bits per heavy atom. The number of benzene rings is 3. The normalized spacial score (nSPS) is 8.88. The van der Waals surface area contributed by atoms with Crippen LogP contribution in [-0.2, 0) is 0 Å². The summed E-state index contributed by atoms with van der Waals surface area (Å²) < 4.78 is 73.5. The molecule has 3 rings (SSSR count). The van der Waals surface area contributed by atoms with Crippen LogP contribution in [0.25, 0.3) is 0 Å². The van der Waals surface area contributed by atoms with Crippen LogP contribution in [0.1, 0.15) is 20.0 Å². The first-order valence-corrected chi connectivity index (χ1v) is 7.85. The Morgan fingerprint density at radius 1 is 0.531 bits per heavy atom. The standard InChI is InChI=1S/C7H6F2O.C7H6F2.C6H4F2O2.CH4.2Rf.H2/c1-4-2-5(8)7(10)6(9)3-4;1-5-2-6(8)4-7(9)3-5;7-4-1-3(9)2-5(8)6(4)10;;;;/h2-3,10H,1H3;2-4H,1H3;1-2,9-10H;1H4;;;1H. The molecule has 3 nitrogen and oxygen atoms in total. The summed E-state index contributed by atoms with van der Waals surface area (Å²) in [7, 11) is 0. The Balaban J connectivity index is -0.000000180. The van der Waals surface area contributed by atoms with Crippen LogP contribution in [0, 0.1) is 48.8 Å². The number of aryl methyl sites for hydroxylation is 2. The van der Waals surface area contributed by atoms with Gasteiger partial charge in [-0.2, -0.15) is 0 Å². The summed E-state index contributed by atoms with van der Waals surface area (Å²) in [6.45, 7) is 3.19. The Morgan fingerprint density at radius 3 is 1.12 bits per heavy atom. The van der Waals surface area contributed by atoms with Crippen LogP contribution in [0.5, 0.6) is 17.2 Å². The zero-order valence-corrected chi connectivity index (χ0v) is 29.4. The quantitative estimate of drug-likeness (QED) is 0.178. The number of hydrogen-bond donors (Lipinski definition) is 3. The van der Waals surface area contributed by atoms with E-state index in [9.17, 15) is 26.3 Å². The van der Waals surface area contributed by atoms with Crippen molar-refractivity contribution >= 4 is 0 Å². The van der Waals surface area contributed by atoms with Crippen molar-refractivity contribution < 1.29 is 43.1 Å². The molecule has 0 saturated heterocycles. The molecule has 0 fully saturated rings. The molecule has 0 heterocycles. The van der Waals surface area contributed by atoms with E-state index in [1.165, 1.54) is 12.1 Å². The van der Waals surface area contributed by atoms with Crippen molar-refractivity contribution in [2.45, 2.75) is 21.3 Å². The molecule has 0 atom stereocenters. The largest absolute Gasteiger partial charge is 0.508 e. The molecule has 3 aromatic rings. The third-order valence-electron chi connectivity index (χ3n) is 3.17. The van der Waals surface area contributed by atoms with Crippen molar-refractivity contribution in [3.8, 4) is 17.2 Å². The van der Waals surface area contributed by atoms with Gasteiger partial charge in [0.15, 0.2) is 34.8 Å².